The van der Waals surface area contributed by atoms with Crippen molar-refractivity contribution >= 4 is 23.6 Å². The third-order valence-corrected chi connectivity index (χ3v) is 4.35. The number of thioether (sulfide) groups is 1. The summed E-state index contributed by atoms with van der Waals surface area (Å²) in [5.74, 6) is -0.914. The molecule has 5 heteroatoms. The Morgan fingerprint density at radius 2 is 1.85 bits per heavy atom. The van der Waals surface area contributed by atoms with Gasteiger partial charge in [0.15, 0.2) is 0 Å². The molecule has 4 nitrogen and oxygen atoms in total. The molecule has 0 fully saturated rings. The van der Waals surface area contributed by atoms with Crippen LogP contribution in [0.25, 0.3) is 0 Å². The van der Waals surface area contributed by atoms with Crippen molar-refractivity contribution in [1.29, 1.82) is 0 Å². The van der Waals surface area contributed by atoms with E-state index in [2.05, 4.69) is 19.2 Å². The van der Waals surface area contributed by atoms with Crippen LogP contribution < -0.4 is 5.32 Å². The molecular weight excluding hydrogens is 274 g/mol. The number of hydrogen-bond donors (Lipinski definition) is 2. The third-order valence-electron chi connectivity index (χ3n) is 3.11. The molecule has 1 amide bonds. The van der Waals surface area contributed by atoms with Crippen molar-refractivity contribution in [2.75, 3.05) is 12.8 Å². The largest absolute Gasteiger partial charge is 0.478 e. The van der Waals surface area contributed by atoms with Crippen molar-refractivity contribution in [3.05, 3.63) is 35.4 Å². The highest BCUT2D eigenvalue weighted by Crippen LogP contribution is 2.19. The Hall–Kier alpha value is -1.49. The second kappa shape index (κ2) is 7.33. The van der Waals surface area contributed by atoms with E-state index in [4.69, 9.17) is 5.11 Å². The van der Waals surface area contributed by atoms with Crippen LogP contribution in [0.15, 0.2) is 24.3 Å². The van der Waals surface area contributed by atoms with E-state index in [1.807, 2.05) is 6.26 Å². The summed E-state index contributed by atoms with van der Waals surface area (Å²) < 4.78 is 0.0405. The third kappa shape index (κ3) is 5.65. The maximum absolute atomic E-state index is 11.7. The molecule has 0 aliphatic carbocycles. The molecule has 1 aromatic rings. The Morgan fingerprint density at radius 1 is 1.25 bits per heavy atom. The zero-order valence-corrected chi connectivity index (χ0v) is 12.9. The molecular formula is C15H21NO3S. The van der Waals surface area contributed by atoms with Crippen molar-refractivity contribution < 1.29 is 14.7 Å². The summed E-state index contributed by atoms with van der Waals surface area (Å²) in [4.78, 5) is 22.5. The van der Waals surface area contributed by atoms with E-state index < -0.39 is 5.97 Å². The number of amides is 1. The molecule has 1 rings (SSSR count). The highest BCUT2D eigenvalue weighted by atomic mass is 32.2. The van der Waals surface area contributed by atoms with Crippen LogP contribution in [-0.4, -0.2) is 34.5 Å². The summed E-state index contributed by atoms with van der Waals surface area (Å²) in [5, 5.41) is 11.7. The molecule has 0 spiro atoms. The predicted octanol–water partition coefficient (Wildman–Crippen LogP) is 2.58. The lowest BCUT2D eigenvalue weighted by Crippen LogP contribution is -2.36. The van der Waals surface area contributed by atoms with Crippen LogP contribution >= 0.6 is 11.8 Å². The van der Waals surface area contributed by atoms with Crippen molar-refractivity contribution in [3.8, 4) is 0 Å². The maximum atomic E-state index is 11.7. The Balaban J connectivity index is 2.39. The van der Waals surface area contributed by atoms with Gasteiger partial charge in [0.2, 0.25) is 5.91 Å². The summed E-state index contributed by atoms with van der Waals surface area (Å²) in [6.45, 7) is 4.82. The Kier molecular flexibility index (Phi) is 6.07. The van der Waals surface area contributed by atoms with Crippen LogP contribution in [-0.2, 0) is 11.2 Å². The van der Waals surface area contributed by atoms with Crippen LogP contribution in [0.4, 0.5) is 0 Å². The minimum Gasteiger partial charge on any atom is -0.478 e. The number of aromatic carboxylic acids is 1. The van der Waals surface area contributed by atoms with Gasteiger partial charge in [0.05, 0.1) is 5.56 Å². The molecule has 1 aromatic carbocycles. The minimum absolute atomic E-state index is 0.0226. The molecule has 0 aliphatic rings. The van der Waals surface area contributed by atoms with Crippen molar-refractivity contribution in [2.24, 2.45) is 0 Å². The Bertz CT molecular complexity index is 469. The van der Waals surface area contributed by atoms with E-state index >= 15 is 0 Å². The molecule has 0 aromatic heterocycles. The van der Waals surface area contributed by atoms with E-state index in [1.54, 1.807) is 36.0 Å². The van der Waals surface area contributed by atoms with Crippen LogP contribution in [0.3, 0.4) is 0 Å². The van der Waals surface area contributed by atoms with E-state index in [1.165, 1.54) is 0 Å². The molecule has 20 heavy (non-hydrogen) atoms. The zero-order chi connectivity index (χ0) is 15.2. The number of rotatable bonds is 7. The average Bonchev–Trinajstić information content (AvgIpc) is 2.43. The summed E-state index contributed by atoms with van der Waals surface area (Å²) in [6, 6.07) is 6.63. The van der Waals surface area contributed by atoms with Gasteiger partial charge in [-0.05, 0) is 44.2 Å². The zero-order valence-electron chi connectivity index (χ0n) is 12.1. The van der Waals surface area contributed by atoms with Crippen molar-refractivity contribution in [1.82, 2.24) is 5.32 Å². The minimum atomic E-state index is -0.936. The Morgan fingerprint density at radius 3 is 2.35 bits per heavy atom. The molecule has 0 saturated heterocycles. The van der Waals surface area contributed by atoms with Crippen molar-refractivity contribution in [2.45, 2.75) is 31.4 Å². The van der Waals surface area contributed by atoms with E-state index in [9.17, 15) is 9.59 Å². The highest BCUT2D eigenvalue weighted by Gasteiger charge is 2.16. The number of hydrogen-bond acceptors (Lipinski definition) is 3. The van der Waals surface area contributed by atoms with Crippen LogP contribution in [0, 0.1) is 0 Å². The summed E-state index contributed by atoms with van der Waals surface area (Å²) in [7, 11) is 0. The first kappa shape index (κ1) is 16.6. The highest BCUT2D eigenvalue weighted by molar-refractivity contribution is 7.99. The van der Waals surface area contributed by atoms with Crippen LogP contribution in [0.2, 0.25) is 0 Å². The lowest BCUT2D eigenvalue weighted by Gasteiger charge is -2.22. The standard InChI is InChI=1S/C15H21NO3S/c1-15(2,20-3)10-16-13(17)9-6-11-4-7-12(8-5-11)14(18)19/h4-5,7-8H,6,9-10H2,1-3H3,(H,16,17)(H,18,19). The molecule has 0 bridgehead atoms. The number of benzene rings is 1. The molecule has 0 unspecified atom stereocenters. The smallest absolute Gasteiger partial charge is 0.335 e. The molecule has 2 N–H and O–H groups in total. The average molecular weight is 295 g/mol. The second-order valence-corrected chi connectivity index (χ2v) is 6.76. The fourth-order valence-electron chi connectivity index (χ4n) is 1.54. The Labute approximate surface area is 124 Å². The molecule has 0 heterocycles. The van der Waals surface area contributed by atoms with Gasteiger partial charge in [-0.2, -0.15) is 11.8 Å². The first-order chi connectivity index (χ1) is 9.34. The van der Waals surface area contributed by atoms with Gasteiger partial charge in [0.25, 0.3) is 0 Å². The van der Waals surface area contributed by atoms with E-state index in [0.29, 0.717) is 19.4 Å². The maximum Gasteiger partial charge on any atom is 0.335 e. The van der Waals surface area contributed by atoms with Gasteiger partial charge < -0.3 is 10.4 Å². The van der Waals surface area contributed by atoms with E-state index in [0.717, 1.165) is 5.56 Å². The fraction of sp³-hybridized carbons (Fsp3) is 0.467. The van der Waals surface area contributed by atoms with Gasteiger partial charge in [0.1, 0.15) is 0 Å². The second-order valence-electron chi connectivity index (χ2n) is 5.24. The monoisotopic (exact) mass is 295 g/mol. The molecule has 0 aliphatic heterocycles. The topological polar surface area (TPSA) is 66.4 Å². The van der Waals surface area contributed by atoms with Gasteiger partial charge in [-0.25, -0.2) is 4.79 Å². The van der Waals surface area contributed by atoms with Gasteiger partial charge in [-0.15, -0.1) is 0 Å². The number of carbonyl (C=O) groups excluding carboxylic acids is 1. The fourth-order valence-corrected chi connectivity index (χ4v) is 1.76. The normalized spacial score (nSPS) is 11.2. The summed E-state index contributed by atoms with van der Waals surface area (Å²) in [5.41, 5.74) is 1.23. The van der Waals surface area contributed by atoms with Crippen molar-refractivity contribution in [3.63, 3.8) is 0 Å². The van der Waals surface area contributed by atoms with Gasteiger partial charge >= 0.3 is 5.97 Å². The first-order valence-electron chi connectivity index (χ1n) is 6.48. The number of aryl methyl sites for hydroxylation is 1. The number of carboxylic acids is 1. The van der Waals surface area contributed by atoms with Crippen LogP contribution in [0.1, 0.15) is 36.2 Å². The van der Waals surface area contributed by atoms with E-state index in [-0.39, 0.29) is 16.2 Å². The molecule has 110 valence electrons. The van der Waals surface area contributed by atoms with Crippen LogP contribution in [0.5, 0.6) is 0 Å². The van der Waals surface area contributed by atoms with Gasteiger partial charge in [-0.1, -0.05) is 12.1 Å². The molecule has 0 radical (unpaired) electrons. The lowest BCUT2D eigenvalue weighted by atomic mass is 10.1. The molecule has 0 atom stereocenters. The van der Waals surface area contributed by atoms with Gasteiger partial charge in [-0.3, -0.25) is 4.79 Å². The summed E-state index contributed by atoms with van der Waals surface area (Å²) >= 11 is 1.72. The quantitative estimate of drug-likeness (QED) is 0.811. The lowest BCUT2D eigenvalue weighted by molar-refractivity contribution is -0.121. The number of carboxylic acid groups (broad SMARTS) is 1. The number of nitrogens with one attached hydrogen (secondary N) is 1. The first-order valence-corrected chi connectivity index (χ1v) is 7.70. The number of carbonyl (C=O) groups is 2. The summed E-state index contributed by atoms with van der Waals surface area (Å²) in [6.07, 6.45) is 3.05. The SMILES string of the molecule is CSC(C)(C)CNC(=O)CCc1ccc(C(=O)O)cc1. The molecule has 0 saturated carbocycles. The predicted molar refractivity (Wildman–Crippen MR) is 82.3 cm³/mol. The van der Waals surface area contributed by atoms with Gasteiger partial charge in [0, 0.05) is 17.7 Å².